The van der Waals surface area contributed by atoms with Gasteiger partial charge in [0, 0.05) is 0 Å². The van der Waals surface area contributed by atoms with Crippen molar-refractivity contribution >= 4 is 28.9 Å². The molecule has 25 heavy (non-hydrogen) atoms. The first kappa shape index (κ1) is 17.0. The van der Waals surface area contributed by atoms with Crippen LogP contribution < -0.4 is 10.6 Å². The summed E-state index contributed by atoms with van der Waals surface area (Å²) in [6.45, 7) is 3.94. The number of anilines is 2. The molecule has 0 unspecified atom stereocenters. The van der Waals surface area contributed by atoms with E-state index < -0.39 is 0 Å². The van der Waals surface area contributed by atoms with E-state index in [0.717, 1.165) is 28.5 Å². The second kappa shape index (κ2) is 7.40. The number of aromatic nitrogens is 2. The van der Waals surface area contributed by atoms with Crippen LogP contribution in [-0.2, 0) is 4.79 Å². The number of aryl methyl sites for hydroxylation is 1. The summed E-state index contributed by atoms with van der Waals surface area (Å²) in [5, 5.41) is 11.1. The lowest BCUT2D eigenvalue weighted by molar-refractivity contribution is -0.114. The molecule has 2 N–H and O–H groups in total. The van der Waals surface area contributed by atoms with Crippen LogP contribution in [0.3, 0.4) is 0 Å². The summed E-state index contributed by atoms with van der Waals surface area (Å²) in [4.78, 5) is 12.3. The number of amides is 1. The Morgan fingerprint density at radius 3 is 2.48 bits per heavy atom. The molecule has 0 saturated carbocycles. The fraction of sp³-hybridized carbons (Fsp3) is 0.158. The summed E-state index contributed by atoms with van der Waals surface area (Å²) < 4.78 is 1.83. The van der Waals surface area contributed by atoms with Gasteiger partial charge >= 0.3 is 0 Å². The smallest absolute Gasteiger partial charge is 0.243 e. The summed E-state index contributed by atoms with van der Waals surface area (Å²) in [5.74, 6) is -0.154. The van der Waals surface area contributed by atoms with Gasteiger partial charge in [-0.1, -0.05) is 41.9 Å². The molecule has 0 aliphatic carbocycles. The Bertz CT molecular complexity index is 890. The van der Waals surface area contributed by atoms with Crippen molar-refractivity contribution in [3.05, 3.63) is 71.0 Å². The normalized spacial score (nSPS) is 10.5. The second-order valence-electron chi connectivity index (χ2n) is 5.67. The van der Waals surface area contributed by atoms with Crippen molar-refractivity contribution in [1.82, 2.24) is 9.78 Å². The average molecular weight is 355 g/mol. The molecule has 0 aliphatic heterocycles. The van der Waals surface area contributed by atoms with E-state index in [1.807, 2.05) is 67.1 Å². The van der Waals surface area contributed by atoms with Crippen LogP contribution >= 0.6 is 11.6 Å². The lowest BCUT2D eigenvalue weighted by Crippen LogP contribution is -2.22. The molecule has 1 aromatic heterocycles. The molecule has 6 heteroatoms. The Hall–Kier alpha value is -2.79. The van der Waals surface area contributed by atoms with Gasteiger partial charge in [-0.3, -0.25) is 4.79 Å². The number of rotatable bonds is 5. The number of carbonyl (C=O) groups is 1. The molecule has 3 aromatic rings. The third kappa shape index (κ3) is 3.83. The van der Waals surface area contributed by atoms with E-state index >= 15 is 0 Å². The molecule has 0 saturated heterocycles. The van der Waals surface area contributed by atoms with Crippen LogP contribution in [-0.4, -0.2) is 22.2 Å². The van der Waals surface area contributed by atoms with Crippen LogP contribution in [0.15, 0.2) is 54.6 Å². The number of nitrogens with one attached hydrogen (secondary N) is 2. The quantitative estimate of drug-likeness (QED) is 0.722. The summed E-state index contributed by atoms with van der Waals surface area (Å²) in [7, 11) is 0. The van der Waals surface area contributed by atoms with Crippen molar-refractivity contribution < 1.29 is 4.79 Å². The highest BCUT2D eigenvalue weighted by atomic mass is 35.5. The van der Waals surface area contributed by atoms with Crippen molar-refractivity contribution in [3.63, 3.8) is 0 Å². The third-order valence-electron chi connectivity index (χ3n) is 3.87. The highest BCUT2D eigenvalue weighted by molar-refractivity contribution is 6.33. The van der Waals surface area contributed by atoms with E-state index in [9.17, 15) is 4.79 Å². The van der Waals surface area contributed by atoms with Gasteiger partial charge in [0.2, 0.25) is 5.91 Å². The topological polar surface area (TPSA) is 59.0 Å². The van der Waals surface area contributed by atoms with Gasteiger partial charge in [0.25, 0.3) is 0 Å². The van der Waals surface area contributed by atoms with Gasteiger partial charge in [-0.15, -0.1) is 0 Å². The largest absolute Gasteiger partial charge is 0.375 e. The molecule has 0 spiro atoms. The SMILES string of the molecule is Cc1nn(-c2ccccc2)c(C)c1NC(=O)CNc1ccccc1Cl. The number of hydrogen-bond donors (Lipinski definition) is 2. The zero-order chi connectivity index (χ0) is 17.8. The number of para-hydroxylation sites is 2. The fourth-order valence-corrected chi connectivity index (χ4v) is 2.81. The first-order valence-corrected chi connectivity index (χ1v) is 8.34. The molecular formula is C19H19ClN4O. The van der Waals surface area contributed by atoms with E-state index in [4.69, 9.17) is 11.6 Å². The molecule has 128 valence electrons. The Balaban J connectivity index is 1.72. The van der Waals surface area contributed by atoms with Gasteiger partial charge in [0.15, 0.2) is 0 Å². The maximum Gasteiger partial charge on any atom is 0.243 e. The highest BCUT2D eigenvalue weighted by Crippen LogP contribution is 2.23. The predicted molar refractivity (Wildman–Crippen MR) is 102 cm³/mol. The van der Waals surface area contributed by atoms with Crippen LogP contribution in [0.1, 0.15) is 11.4 Å². The first-order valence-electron chi connectivity index (χ1n) is 7.96. The number of halogens is 1. The second-order valence-corrected chi connectivity index (χ2v) is 6.08. The van der Waals surface area contributed by atoms with E-state index in [1.54, 1.807) is 6.07 Å². The van der Waals surface area contributed by atoms with Crippen molar-refractivity contribution in [2.45, 2.75) is 13.8 Å². The van der Waals surface area contributed by atoms with Crippen molar-refractivity contribution in [1.29, 1.82) is 0 Å². The molecule has 3 rings (SSSR count). The Morgan fingerprint density at radius 2 is 1.76 bits per heavy atom. The van der Waals surface area contributed by atoms with E-state index in [1.165, 1.54) is 0 Å². The fourth-order valence-electron chi connectivity index (χ4n) is 2.61. The molecule has 1 amide bonds. The zero-order valence-electron chi connectivity index (χ0n) is 14.1. The number of nitrogens with zero attached hydrogens (tertiary/aromatic N) is 2. The van der Waals surface area contributed by atoms with Crippen molar-refractivity contribution in [2.75, 3.05) is 17.2 Å². The monoisotopic (exact) mass is 354 g/mol. The van der Waals surface area contributed by atoms with Gasteiger partial charge in [-0.05, 0) is 38.1 Å². The molecule has 2 aromatic carbocycles. The number of hydrogen-bond acceptors (Lipinski definition) is 3. The van der Waals surface area contributed by atoms with Gasteiger partial charge in [0.05, 0.1) is 40.0 Å². The van der Waals surface area contributed by atoms with Gasteiger partial charge in [0.1, 0.15) is 0 Å². The lowest BCUT2D eigenvalue weighted by atomic mass is 10.3. The summed E-state index contributed by atoms with van der Waals surface area (Å²) in [6, 6.07) is 17.1. The van der Waals surface area contributed by atoms with Crippen LogP contribution in [0.2, 0.25) is 5.02 Å². The Labute approximate surface area is 151 Å². The summed E-state index contributed by atoms with van der Waals surface area (Å²) >= 11 is 6.08. The zero-order valence-corrected chi connectivity index (χ0v) is 14.8. The van der Waals surface area contributed by atoms with Crippen LogP contribution in [0.4, 0.5) is 11.4 Å². The maximum atomic E-state index is 12.3. The van der Waals surface area contributed by atoms with E-state index in [2.05, 4.69) is 15.7 Å². The van der Waals surface area contributed by atoms with Gasteiger partial charge in [-0.2, -0.15) is 5.10 Å². The number of carbonyl (C=O) groups excluding carboxylic acids is 1. The average Bonchev–Trinajstić information content (AvgIpc) is 2.90. The van der Waals surface area contributed by atoms with Crippen molar-refractivity contribution in [3.8, 4) is 5.69 Å². The highest BCUT2D eigenvalue weighted by Gasteiger charge is 2.15. The van der Waals surface area contributed by atoms with Crippen LogP contribution in [0, 0.1) is 13.8 Å². The molecule has 5 nitrogen and oxygen atoms in total. The molecule has 0 fully saturated rings. The minimum absolute atomic E-state index is 0.124. The minimum atomic E-state index is -0.154. The van der Waals surface area contributed by atoms with Gasteiger partial charge < -0.3 is 10.6 Å². The molecule has 0 atom stereocenters. The molecule has 1 heterocycles. The minimum Gasteiger partial charge on any atom is -0.375 e. The van der Waals surface area contributed by atoms with E-state index in [0.29, 0.717) is 5.02 Å². The van der Waals surface area contributed by atoms with Gasteiger partial charge in [-0.25, -0.2) is 4.68 Å². The predicted octanol–water partition coefficient (Wildman–Crippen LogP) is 4.19. The summed E-state index contributed by atoms with van der Waals surface area (Å²) in [5.41, 5.74) is 4.07. The van der Waals surface area contributed by atoms with Crippen LogP contribution in [0.5, 0.6) is 0 Å². The first-order chi connectivity index (χ1) is 12.1. The number of benzene rings is 2. The molecule has 0 bridgehead atoms. The third-order valence-corrected chi connectivity index (χ3v) is 4.20. The molecular weight excluding hydrogens is 336 g/mol. The standard InChI is InChI=1S/C19H19ClN4O/c1-13-19(14(2)24(23-13)15-8-4-3-5-9-15)22-18(25)12-21-17-11-7-6-10-16(17)20/h3-11,21H,12H2,1-2H3,(H,22,25). The molecule has 0 aliphatic rings. The molecule has 0 radical (unpaired) electrons. The van der Waals surface area contributed by atoms with Crippen LogP contribution in [0.25, 0.3) is 5.69 Å². The lowest BCUT2D eigenvalue weighted by Gasteiger charge is -2.09. The maximum absolute atomic E-state index is 12.3. The van der Waals surface area contributed by atoms with Crippen molar-refractivity contribution in [2.24, 2.45) is 0 Å². The van der Waals surface area contributed by atoms with E-state index in [-0.39, 0.29) is 12.5 Å². The Morgan fingerprint density at radius 1 is 1.08 bits per heavy atom. The Kier molecular flexibility index (Phi) is 5.05. The summed E-state index contributed by atoms with van der Waals surface area (Å²) in [6.07, 6.45) is 0.